The summed E-state index contributed by atoms with van der Waals surface area (Å²) in [4.78, 5) is 0. The molecule has 0 aliphatic heterocycles. The summed E-state index contributed by atoms with van der Waals surface area (Å²) in [6, 6.07) is 37.1. The number of nitriles is 1. The average molecular weight is 385 g/mol. The monoisotopic (exact) mass is 385 g/mol. The maximum absolute atomic E-state index is 9.82. The minimum Gasteiger partial charge on any atom is -0.489 e. The number of hydrogen-bond donors (Lipinski definition) is 0. The van der Waals surface area contributed by atoms with Crippen molar-refractivity contribution in [1.82, 2.24) is 0 Å². The van der Waals surface area contributed by atoms with Gasteiger partial charge in [0.2, 0.25) is 0 Å². The van der Waals surface area contributed by atoms with Crippen molar-refractivity contribution < 1.29 is 4.74 Å². The van der Waals surface area contributed by atoms with E-state index < -0.39 is 0 Å². The summed E-state index contributed by atoms with van der Waals surface area (Å²) < 4.78 is 5.95. The fourth-order valence-electron chi connectivity index (χ4n) is 4.02. The van der Waals surface area contributed by atoms with Crippen LogP contribution in [0, 0.1) is 11.3 Å². The summed E-state index contributed by atoms with van der Waals surface area (Å²) >= 11 is 0. The van der Waals surface area contributed by atoms with Crippen LogP contribution >= 0.6 is 0 Å². The van der Waals surface area contributed by atoms with Crippen molar-refractivity contribution in [2.24, 2.45) is 0 Å². The van der Waals surface area contributed by atoms with Gasteiger partial charge in [0.05, 0.1) is 5.56 Å². The average Bonchev–Trinajstić information content (AvgIpc) is 2.82. The molecule has 0 saturated carbocycles. The maximum atomic E-state index is 9.82. The van der Waals surface area contributed by atoms with Gasteiger partial charge in [-0.1, -0.05) is 91.0 Å². The first-order valence-corrected chi connectivity index (χ1v) is 9.96. The number of rotatable bonds is 4. The van der Waals surface area contributed by atoms with Gasteiger partial charge in [-0.15, -0.1) is 0 Å². The van der Waals surface area contributed by atoms with Gasteiger partial charge in [-0.3, -0.25) is 0 Å². The van der Waals surface area contributed by atoms with Crippen molar-refractivity contribution in [3.05, 3.63) is 114 Å². The van der Waals surface area contributed by atoms with Crippen LogP contribution in [0.15, 0.2) is 103 Å². The Kier molecular flexibility index (Phi) is 4.63. The molecule has 5 rings (SSSR count). The summed E-state index contributed by atoms with van der Waals surface area (Å²) in [5.74, 6) is 0.838. The molecule has 5 aromatic carbocycles. The smallest absolute Gasteiger partial charge is 0.119 e. The van der Waals surface area contributed by atoms with Crippen LogP contribution in [0.1, 0.15) is 11.1 Å². The van der Waals surface area contributed by atoms with Gasteiger partial charge in [-0.2, -0.15) is 5.26 Å². The van der Waals surface area contributed by atoms with Gasteiger partial charge in [0.1, 0.15) is 18.4 Å². The third kappa shape index (κ3) is 3.17. The molecule has 0 radical (unpaired) electrons. The van der Waals surface area contributed by atoms with E-state index in [1.807, 2.05) is 66.7 Å². The minimum absolute atomic E-state index is 0.545. The minimum atomic E-state index is 0.545. The Morgan fingerprint density at radius 2 is 1.13 bits per heavy atom. The Balaban J connectivity index is 1.60. The van der Waals surface area contributed by atoms with E-state index >= 15 is 0 Å². The number of fused-ring (bicyclic) bond motifs is 2. The van der Waals surface area contributed by atoms with Crippen molar-refractivity contribution in [1.29, 1.82) is 5.26 Å². The topological polar surface area (TPSA) is 33.0 Å². The van der Waals surface area contributed by atoms with Crippen LogP contribution in [0.2, 0.25) is 0 Å². The highest BCUT2D eigenvalue weighted by atomic mass is 16.5. The molecule has 0 unspecified atom stereocenters. The molecule has 2 heteroatoms. The molecule has 0 atom stereocenters. The Labute approximate surface area is 175 Å². The molecule has 0 aliphatic rings. The zero-order chi connectivity index (χ0) is 20.3. The number of hydrogen-bond acceptors (Lipinski definition) is 2. The number of nitrogens with zero attached hydrogens (tertiary/aromatic N) is 1. The van der Waals surface area contributed by atoms with E-state index in [9.17, 15) is 5.26 Å². The first-order valence-electron chi connectivity index (χ1n) is 9.96. The van der Waals surface area contributed by atoms with Crippen molar-refractivity contribution >= 4 is 21.5 Å². The van der Waals surface area contributed by atoms with Crippen LogP contribution in [0.4, 0.5) is 0 Å². The molecule has 142 valence electrons. The van der Waals surface area contributed by atoms with Crippen LogP contribution in [-0.2, 0) is 6.61 Å². The Hall–Kier alpha value is -4.09. The van der Waals surface area contributed by atoms with Crippen molar-refractivity contribution in [3.8, 4) is 22.9 Å². The first kappa shape index (κ1) is 18.0. The third-order valence-corrected chi connectivity index (χ3v) is 5.43. The van der Waals surface area contributed by atoms with Crippen molar-refractivity contribution in [2.75, 3.05) is 0 Å². The van der Waals surface area contributed by atoms with Gasteiger partial charge in [0, 0.05) is 10.8 Å². The fraction of sp³-hybridized carbons (Fsp3) is 0.0357. The number of benzene rings is 5. The summed E-state index contributed by atoms with van der Waals surface area (Å²) in [7, 11) is 0. The molecule has 2 nitrogen and oxygen atoms in total. The van der Waals surface area contributed by atoms with E-state index in [-0.39, 0.29) is 0 Å². The van der Waals surface area contributed by atoms with E-state index in [4.69, 9.17) is 4.74 Å². The number of ether oxygens (including phenoxy) is 1. The predicted octanol–water partition coefficient (Wildman–Crippen LogP) is 7.11. The second-order valence-electron chi connectivity index (χ2n) is 7.25. The Bertz CT molecular complexity index is 1320. The molecule has 5 aromatic rings. The van der Waals surface area contributed by atoms with Gasteiger partial charge in [-0.05, 0) is 39.6 Å². The molecule has 0 aliphatic carbocycles. The van der Waals surface area contributed by atoms with Crippen LogP contribution in [0.3, 0.4) is 0 Å². The highest BCUT2D eigenvalue weighted by Gasteiger charge is 2.14. The predicted molar refractivity (Wildman–Crippen MR) is 122 cm³/mol. The zero-order valence-corrected chi connectivity index (χ0v) is 16.4. The lowest BCUT2D eigenvalue weighted by atomic mass is 9.89. The molecule has 0 heterocycles. The molecule has 0 N–H and O–H groups in total. The normalized spacial score (nSPS) is 10.8. The lowest BCUT2D eigenvalue weighted by molar-refractivity contribution is 0.306. The van der Waals surface area contributed by atoms with E-state index in [1.165, 1.54) is 0 Å². The van der Waals surface area contributed by atoms with Gasteiger partial charge in [0.15, 0.2) is 0 Å². The van der Waals surface area contributed by atoms with Crippen LogP contribution in [-0.4, -0.2) is 0 Å². The standard InChI is InChI=1S/C28H19NO/c29-18-27-23-10-4-6-12-25(23)28(26-13-7-5-11-24(26)27)21-14-16-22(17-15-21)30-19-20-8-2-1-3-9-20/h1-17H,19H2. The van der Waals surface area contributed by atoms with Crippen molar-refractivity contribution in [2.45, 2.75) is 6.61 Å². The second kappa shape index (κ2) is 7.73. The van der Waals surface area contributed by atoms with Crippen LogP contribution in [0.25, 0.3) is 32.7 Å². The fourth-order valence-corrected chi connectivity index (χ4v) is 4.02. The molecular formula is C28H19NO. The molecule has 0 spiro atoms. The highest BCUT2D eigenvalue weighted by Crippen LogP contribution is 2.39. The van der Waals surface area contributed by atoms with E-state index in [0.717, 1.165) is 49.5 Å². The molecule has 0 bridgehead atoms. The summed E-state index contributed by atoms with van der Waals surface area (Å²) in [6.45, 7) is 0.545. The molecular weight excluding hydrogens is 366 g/mol. The zero-order valence-electron chi connectivity index (χ0n) is 16.4. The van der Waals surface area contributed by atoms with Gasteiger partial charge in [-0.25, -0.2) is 0 Å². The highest BCUT2D eigenvalue weighted by molar-refractivity contribution is 6.16. The Morgan fingerprint density at radius 1 is 0.600 bits per heavy atom. The first-order chi connectivity index (χ1) is 14.8. The third-order valence-electron chi connectivity index (χ3n) is 5.43. The van der Waals surface area contributed by atoms with Gasteiger partial charge >= 0.3 is 0 Å². The van der Waals surface area contributed by atoms with E-state index in [2.05, 4.69) is 42.5 Å². The van der Waals surface area contributed by atoms with Crippen molar-refractivity contribution in [3.63, 3.8) is 0 Å². The summed E-state index contributed by atoms with van der Waals surface area (Å²) in [5.41, 5.74) is 4.13. The summed E-state index contributed by atoms with van der Waals surface area (Å²) in [6.07, 6.45) is 0. The lowest BCUT2D eigenvalue weighted by Crippen LogP contribution is -1.95. The second-order valence-corrected chi connectivity index (χ2v) is 7.25. The molecule has 0 aromatic heterocycles. The van der Waals surface area contributed by atoms with Gasteiger partial charge in [0.25, 0.3) is 0 Å². The molecule has 0 amide bonds. The van der Waals surface area contributed by atoms with Gasteiger partial charge < -0.3 is 4.74 Å². The largest absolute Gasteiger partial charge is 0.489 e. The molecule has 0 saturated heterocycles. The Morgan fingerprint density at radius 3 is 1.70 bits per heavy atom. The quantitative estimate of drug-likeness (QED) is 0.309. The molecule has 30 heavy (non-hydrogen) atoms. The summed E-state index contributed by atoms with van der Waals surface area (Å²) in [5, 5.41) is 14.0. The SMILES string of the molecule is N#Cc1c2ccccc2c(-c2ccc(OCc3ccccc3)cc2)c2ccccc12. The van der Waals surface area contributed by atoms with Crippen LogP contribution < -0.4 is 4.74 Å². The lowest BCUT2D eigenvalue weighted by Gasteiger charge is -2.14. The maximum Gasteiger partial charge on any atom is 0.119 e. The van der Waals surface area contributed by atoms with E-state index in [1.54, 1.807) is 0 Å². The molecule has 0 fully saturated rings. The van der Waals surface area contributed by atoms with E-state index in [0.29, 0.717) is 6.61 Å². The van der Waals surface area contributed by atoms with Crippen LogP contribution in [0.5, 0.6) is 5.75 Å².